The quantitative estimate of drug-likeness (QED) is 0.624. The maximum atomic E-state index is 5.96. The molecule has 1 aliphatic carbocycles. The molecule has 0 spiro atoms. The van der Waals surface area contributed by atoms with Crippen molar-refractivity contribution < 1.29 is 4.74 Å². The Bertz CT molecular complexity index is 147. The predicted octanol–water partition coefficient (Wildman–Crippen LogP) is 0.245. The van der Waals surface area contributed by atoms with Gasteiger partial charge in [0.15, 0.2) is 0 Å². The van der Waals surface area contributed by atoms with Crippen molar-refractivity contribution in [2.75, 3.05) is 13.2 Å². The molecule has 0 amide bonds. The molecule has 0 aromatic heterocycles. The number of hydrogen-bond donors (Lipinski definition) is 2. The van der Waals surface area contributed by atoms with Crippen LogP contribution in [0.2, 0.25) is 0 Å². The Balaban J connectivity index is 1.76. The third kappa shape index (κ3) is 1.79. The Hall–Kier alpha value is -0.120. The predicted molar refractivity (Wildman–Crippen MR) is 48.0 cm³/mol. The fourth-order valence-electron chi connectivity index (χ4n) is 1.80. The SMILES string of the molecule is N[C@@H]1CCOC[C@H]1NC1CCC1. The van der Waals surface area contributed by atoms with E-state index in [2.05, 4.69) is 5.32 Å². The molecule has 12 heavy (non-hydrogen) atoms. The van der Waals surface area contributed by atoms with Crippen molar-refractivity contribution in [3.63, 3.8) is 0 Å². The van der Waals surface area contributed by atoms with Gasteiger partial charge in [0.1, 0.15) is 0 Å². The molecule has 70 valence electrons. The molecule has 1 aliphatic heterocycles. The molecule has 1 saturated carbocycles. The van der Waals surface area contributed by atoms with E-state index in [1.165, 1.54) is 19.3 Å². The highest BCUT2D eigenvalue weighted by Crippen LogP contribution is 2.20. The van der Waals surface area contributed by atoms with Gasteiger partial charge in [-0.25, -0.2) is 0 Å². The van der Waals surface area contributed by atoms with Crippen LogP contribution in [-0.4, -0.2) is 31.3 Å². The van der Waals surface area contributed by atoms with Crippen molar-refractivity contribution in [2.24, 2.45) is 5.73 Å². The van der Waals surface area contributed by atoms with E-state index in [1.807, 2.05) is 0 Å². The zero-order valence-electron chi connectivity index (χ0n) is 7.46. The van der Waals surface area contributed by atoms with Crippen LogP contribution in [0.15, 0.2) is 0 Å². The van der Waals surface area contributed by atoms with E-state index in [9.17, 15) is 0 Å². The van der Waals surface area contributed by atoms with Gasteiger partial charge in [0.2, 0.25) is 0 Å². The normalized spacial score (nSPS) is 37.8. The molecule has 3 N–H and O–H groups in total. The summed E-state index contributed by atoms with van der Waals surface area (Å²) in [6.45, 7) is 1.64. The van der Waals surface area contributed by atoms with Crippen molar-refractivity contribution in [2.45, 2.75) is 43.8 Å². The number of rotatable bonds is 2. The zero-order chi connectivity index (χ0) is 8.39. The van der Waals surface area contributed by atoms with Crippen LogP contribution in [0.4, 0.5) is 0 Å². The summed E-state index contributed by atoms with van der Waals surface area (Å²) >= 11 is 0. The van der Waals surface area contributed by atoms with Crippen LogP contribution in [0.5, 0.6) is 0 Å². The van der Waals surface area contributed by atoms with E-state index in [4.69, 9.17) is 10.5 Å². The first-order chi connectivity index (χ1) is 5.86. The van der Waals surface area contributed by atoms with Crippen LogP contribution in [0.1, 0.15) is 25.7 Å². The summed E-state index contributed by atoms with van der Waals surface area (Å²) in [5.41, 5.74) is 5.96. The van der Waals surface area contributed by atoms with Gasteiger partial charge in [0.25, 0.3) is 0 Å². The summed E-state index contributed by atoms with van der Waals surface area (Å²) in [7, 11) is 0. The summed E-state index contributed by atoms with van der Waals surface area (Å²) in [5, 5.41) is 3.56. The standard InChI is InChI=1S/C9H18N2O/c10-8-4-5-12-6-9(8)11-7-2-1-3-7/h7-9,11H,1-6,10H2/t8-,9-/m1/s1. The van der Waals surface area contributed by atoms with Gasteiger partial charge in [-0.2, -0.15) is 0 Å². The number of nitrogens with one attached hydrogen (secondary N) is 1. The van der Waals surface area contributed by atoms with Crippen LogP contribution >= 0.6 is 0 Å². The van der Waals surface area contributed by atoms with Gasteiger partial charge >= 0.3 is 0 Å². The van der Waals surface area contributed by atoms with E-state index < -0.39 is 0 Å². The van der Waals surface area contributed by atoms with Gasteiger partial charge in [0.05, 0.1) is 6.61 Å². The Kier molecular flexibility index (Phi) is 2.63. The molecule has 1 saturated heterocycles. The smallest absolute Gasteiger partial charge is 0.0634 e. The van der Waals surface area contributed by atoms with Crippen LogP contribution in [0.25, 0.3) is 0 Å². The average molecular weight is 170 g/mol. The van der Waals surface area contributed by atoms with Gasteiger partial charge in [-0.15, -0.1) is 0 Å². The fraction of sp³-hybridized carbons (Fsp3) is 1.00. The summed E-state index contributed by atoms with van der Waals surface area (Å²) < 4.78 is 5.38. The first kappa shape index (κ1) is 8.48. The van der Waals surface area contributed by atoms with Gasteiger partial charge in [0, 0.05) is 24.7 Å². The lowest BCUT2D eigenvalue weighted by molar-refractivity contribution is 0.0502. The summed E-state index contributed by atoms with van der Waals surface area (Å²) in [6, 6.07) is 1.44. The lowest BCUT2D eigenvalue weighted by Crippen LogP contribution is -2.55. The second kappa shape index (κ2) is 3.73. The molecule has 2 rings (SSSR count). The van der Waals surface area contributed by atoms with Crippen molar-refractivity contribution in [1.29, 1.82) is 0 Å². The Labute approximate surface area is 73.7 Å². The average Bonchev–Trinajstić information content (AvgIpc) is 2.00. The minimum atomic E-state index is 0.305. The molecule has 3 nitrogen and oxygen atoms in total. The van der Waals surface area contributed by atoms with Crippen molar-refractivity contribution in [3.05, 3.63) is 0 Å². The van der Waals surface area contributed by atoms with E-state index in [1.54, 1.807) is 0 Å². The highest BCUT2D eigenvalue weighted by molar-refractivity contribution is 4.88. The maximum Gasteiger partial charge on any atom is 0.0634 e. The van der Waals surface area contributed by atoms with E-state index in [0.717, 1.165) is 25.7 Å². The van der Waals surface area contributed by atoms with Crippen molar-refractivity contribution >= 4 is 0 Å². The van der Waals surface area contributed by atoms with Crippen LogP contribution in [0.3, 0.4) is 0 Å². The van der Waals surface area contributed by atoms with Gasteiger partial charge in [-0.3, -0.25) is 0 Å². The molecule has 2 atom stereocenters. The molecule has 3 heteroatoms. The highest BCUT2D eigenvalue weighted by atomic mass is 16.5. The van der Waals surface area contributed by atoms with Crippen LogP contribution in [-0.2, 0) is 4.74 Å². The first-order valence-electron chi connectivity index (χ1n) is 4.95. The van der Waals surface area contributed by atoms with Gasteiger partial charge < -0.3 is 15.8 Å². The Morgan fingerprint density at radius 1 is 1.25 bits per heavy atom. The van der Waals surface area contributed by atoms with Crippen LogP contribution < -0.4 is 11.1 Å². The van der Waals surface area contributed by atoms with E-state index in [-0.39, 0.29) is 0 Å². The second-order valence-corrected chi connectivity index (χ2v) is 3.93. The third-order valence-corrected chi connectivity index (χ3v) is 2.96. The molecule has 0 radical (unpaired) electrons. The Morgan fingerprint density at radius 2 is 2.08 bits per heavy atom. The minimum absolute atomic E-state index is 0.305. The topological polar surface area (TPSA) is 47.3 Å². The largest absolute Gasteiger partial charge is 0.380 e. The summed E-state index contributed by atoms with van der Waals surface area (Å²) in [4.78, 5) is 0. The third-order valence-electron chi connectivity index (χ3n) is 2.96. The van der Waals surface area contributed by atoms with Crippen molar-refractivity contribution in [3.8, 4) is 0 Å². The lowest BCUT2D eigenvalue weighted by Gasteiger charge is -2.36. The summed E-state index contributed by atoms with van der Waals surface area (Å²) in [6.07, 6.45) is 5.03. The molecular weight excluding hydrogens is 152 g/mol. The number of nitrogens with two attached hydrogens (primary N) is 1. The molecule has 1 heterocycles. The highest BCUT2D eigenvalue weighted by Gasteiger charge is 2.27. The minimum Gasteiger partial charge on any atom is -0.380 e. The second-order valence-electron chi connectivity index (χ2n) is 3.93. The first-order valence-corrected chi connectivity index (χ1v) is 4.95. The molecule has 0 aromatic rings. The van der Waals surface area contributed by atoms with Gasteiger partial charge in [-0.1, -0.05) is 6.42 Å². The number of ether oxygens (including phenoxy) is 1. The molecule has 0 bridgehead atoms. The molecular formula is C9H18N2O. The lowest BCUT2D eigenvalue weighted by atomic mass is 9.91. The van der Waals surface area contributed by atoms with E-state index >= 15 is 0 Å². The Morgan fingerprint density at radius 3 is 2.67 bits per heavy atom. The van der Waals surface area contributed by atoms with Crippen LogP contribution in [0, 0.1) is 0 Å². The maximum absolute atomic E-state index is 5.96. The molecule has 2 aliphatic rings. The number of hydrogen-bond acceptors (Lipinski definition) is 3. The summed E-state index contributed by atoms with van der Waals surface area (Å²) in [5.74, 6) is 0. The fourth-order valence-corrected chi connectivity index (χ4v) is 1.80. The zero-order valence-corrected chi connectivity index (χ0v) is 7.46. The molecule has 0 unspecified atom stereocenters. The molecule has 0 aromatic carbocycles. The molecule has 2 fully saturated rings. The monoisotopic (exact) mass is 170 g/mol. The van der Waals surface area contributed by atoms with E-state index in [0.29, 0.717) is 12.1 Å². The van der Waals surface area contributed by atoms with Crippen molar-refractivity contribution in [1.82, 2.24) is 5.32 Å². The van der Waals surface area contributed by atoms with Gasteiger partial charge in [-0.05, 0) is 19.3 Å².